The summed E-state index contributed by atoms with van der Waals surface area (Å²) in [4.78, 5) is 31.9. The van der Waals surface area contributed by atoms with Crippen LogP contribution >= 0.6 is 11.6 Å². The Morgan fingerprint density at radius 2 is 1.76 bits per heavy atom. The maximum Gasteiger partial charge on any atom is 0.274 e. The minimum Gasteiger partial charge on any atom is -0.365 e. The van der Waals surface area contributed by atoms with Crippen LogP contribution < -0.4 is 5.32 Å². The van der Waals surface area contributed by atoms with E-state index in [9.17, 15) is 14.0 Å². The summed E-state index contributed by atoms with van der Waals surface area (Å²) in [6, 6.07) is 13.2. The number of carbonyl (C=O) groups is 2. The van der Waals surface area contributed by atoms with Gasteiger partial charge >= 0.3 is 0 Å². The maximum absolute atomic E-state index is 13.2. The summed E-state index contributed by atoms with van der Waals surface area (Å²) < 4.78 is 21.1. The molecular formula is C25H24ClFN4O3. The number of rotatable bonds is 4. The predicted molar refractivity (Wildman–Crippen MR) is 125 cm³/mol. The second-order valence-corrected chi connectivity index (χ2v) is 9.04. The van der Waals surface area contributed by atoms with Gasteiger partial charge in [0.25, 0.3) is 5.91 Å². The van der Waals surface area contributed by atoms with Gasteiger partial charge in [0.2, 0.25) is 5.91 Å². The topological polar surface area (TPSA) is 76.5 Å². The molecule has 7 nitrogen and oxygen atoms in total. The quantitative estimate of drug-likeness (QED) is 0.596. The molecule has 1 unspecified atom stereocenters. The molecule has 0 bridgehead atoms. The average Bonchev–Trinajstić information content (AvgIpc) is 3.29. The first-order chi connectivity index (χ1) is 16.5. The normalized spacial score (nSPS) is 18.4. The molecule has 2 amide bonds. The molecular weight excluding hydrogens is 459 g/mol. The summed E-state index contributed by atoms with van der Waals surface area (Å²) in [6.45, 7) is 1.74. The third kappa shape index (κ3) is 4.69. The van der Waals surface area contributed by atoms with E-state index in [2.05, 4.69) is 10.3 Å². The number of anilines is 1. The molecule has 2 aliphatic heterocycles. The average molecular weight is 483 g/mol. The number of nitrogens with one attached hydrogen (secondary N) is 1. The van der Waals surface area contributed by atoms with Gasteiger partial charge in [-0.25, -0.2) is 9.37 Å². The molecule has 1 saturated heterocycles. The molecule has 1 fully saturated rings. The Morgan fingerprint density at radius 3 is 2.47 bits per heavy atom. The van der Waals surface area contributed by atoms with Gasteiger partial charge in [0.15, 0.2) is 5.69 Å². The SMILES string of the molecule is O=C(Nc1ccc(Cl)cc1)C1CCN(C(=O)c2ncn3c2COC(c2ccc(F)cc2)C3)CC1. The zero-order chi connectivity index (χ0) is 23.7. The molecule has 0 radical (unpaired) electrons. The van der Waals surface area contributed by atoms with Crippen LogP contribution in [0.2, 0.25) is 5.02 Å². The summed E-state index contributed by atoms with van der Waals surface area (Å²) in [7, 11) is 0. The summed E-state index contributed by atoms with van der Waals surface area (Å²) in [5.74, 6) is -0.638. The molecule has 0 aliphatic carbocycles. The molecule has 3 heterocycles. The Bertz CT molecular complexity index is 1190. The second-order valence-electron chi connectivity index (χ2n) is 8.61. The number of hydrogen-bond acceptors (Lipinski definition) is 4. The van der Waals surface area contributed by atoms with Gasteiger partial charge in [-0.3, -0.25) is 9.59 Å². The summed E-state index contributed by atoms with van der Waals surface area (Å²) in [5, 5.41) is 3.53. The van der Waals surface area contributed by atoms with E-state index >= 15 is 0 Å². The van der Waals surface area contributed by atoms with E-state index < -0.39 is 0 Å². The molecule has 176 valence electrons. The van der Waals surface area contributed by atoms with Crippen LogP contribution in [-0.4, -0.2) is 39.4 Å². The van der Waals surface area contributed by atoms with Crippen LogP contribution in [0.4, 0.5) is 10.1 Å². The van der Waals surface area contributed by atoms with Crippen molar-refractivity contribution < 1.29 is 18.7 Å². The minimum absolute atomic E-state index is 0.0472. The molecule has 0 spiro atoms. The van der Waals surface area contributed by atoms with Crippen molar-refractivity contribution in [3.8, 4) is 0 Å². The van der Waals surface area contributed by atoms with Crippen molar-refractivity contribution in [1.82, 2.24) is 14.5 Å². The zero-order valence-corrected chi connectivity index (χ0v) is 19.2. The number of amides is 2. The molecule has 0 saturated carbocycles. The zero-order valence-electron chi connectivity index (χ0n) is 18.4. The number of nitrogens with zero attached hydrogens (tertiary/aromatic N) is 3. The van der Waals surface area contributed by atoms with E-state index in [1.807, 2.05) is 4.57 Å². The fourth-order valence-electron chi connectivity index (χ4n) is 4.46. The van der Waals surface area contributed by atoms with Gasteiger partial charge in [-0.2, -0.15) is 0 Å². The first-order valence-electron chi connectivity index (χ1n) is 11.2. The van der Waals surface area contributed by atoms with Crippen LogP contribution in [0.25, 0.3) is 0 Å². The summed E-state index contributed by atoms with van der Waals surface area (Å²) >= 11 is 5.89. The third-order valence-electron chi connectivity index (χ3n) is 6.44. The third-order valence-corrected chi connectivity index (χ3v) is 6.69. The standard InChI is InChI=1S/C25H24ClFN4O3/c26-18-3-7-20(8-4-18)29-24(32)17-9-11-30(12-10-17)25(33)23-21-14-34-22(13-31(21)15-28-23)16-1-5-19(27)6-2-16/h1-8,15,17,22H,9-14H2,(H,29,32). The van der Waals surface area contributed by atoms with Gasteiger partial charge in [0, 0.05) is 29.7 Å². The molecule has 2 aliphatic rings. The van der Waals surface area contributed by atoms with Crippen LogP contribution in [0.15, 0.2) is 54.9 Å². The first-order valence-corrected chi connectivity index (χ1v) is 11.6. The van der Waals surface area contributed by atoms with Crippen LogP contribution in [0.3, 0.4) is 0 Å². The van der Waals surface area contributed by atoms with Crippen LogP contribution in [0, 0.1) is 11.7 Å². The van der Waals surface area contributed by atoms with Crippen LogP contribution in [0.5, 0.6) is 0 Å². The highest BCUT2D eigenvalue weighted by Gasteiger charge is 2.32. The van der Waals surface area contributed by atoms with Gasteiger partial charge < -0.3 is 19.5 Å². The second kappa shape index (κ2) is 9.56. The van der Waals surface area contributed by atoms with E-state index in [0.717, 1.165) is 11.3 Å². The highest BCUT2D eigenvalue weighted by Crippen LogP contribution is 2.29. The molecule has 34 heavy (non-hydrogen) atoms. The molecule has 5 rings (SSSR count). The van der Waals surface area contributed by atoms with Crippen LogP contribution in [-0.2, 0) is 22.7 Å². The summed E-state index contributed by atoms with van der Waals surface area (Å²) in [6.07, 6.45) is 2.61. The molecule has 2 aromatic carbocycles. The Labute approximate surface area is 201 Å². The maximum atomic E-state index is 13.2. The first kappa shape index (κ1) is 22.6. The number of carbonyl (C=O) groups excluding carboxylic acids is 2. The van der Waals surface area contributed by atoms with Crippen molar-refractivity contribution in [3.05, 3.63) is 82.6 Å². The number of hydrogen-bond donors (Lipinski definition) is 1. The number of piperidine rings is 1. The Balaban J connectivity index is 1.18. The Kier molecular flexibility index (Phi) is 6.34. The molecule has 1 N–H and O–H groups in total. The van der Waals surface area contributed by atoms with E-state index in [1.54, 1.807) is 47.6 Å². The number of imidazole rings is 1. The lowest BCUT2D eigenvalue weighted by molar-refractivity contribution is -0.121. The van der Waals surface area contributed by atoms with Crippen LogP contribution in [0.1, 0.15) is 40.7 Å². The van der Waals surface area contributed by atoms with E-state index in [4.69, 9.17) is 16.3 Å². The van der Waals surface area contributed by atoms with Crippen molar-refractivity contribution in [2.45, 2.75) is 32.1 Å². The van der Waals surface area contributed by atoms with Gasteiger partial charge in [0.05, 0.1) is 25.2 Å². The fraction of sp³-hybridized carbons (Fsp3) is 0.320. The molecule has 3 aromatic rings. The van der Waals surface area contributed by atoms with Crippen molar-refractivity contribution in [2.24, 2.45) is 5.92 Å². The highest BCUT2D eigenvalue weighted by atomic mass is 35.5. The number of aromatic nitrogens is 2. The number of benzene rings is 2. The highest BCUT2D eigenvalue weighted by molar-refractivity contribution is 6.30. The Morgan fingerprint density at radius 1 is 1.06 bits per heavy atom. The Hall–Kier alpha value is -3.23. The molecule has 1 aromatic heterocycles. The molecule has 1 atom stereocenters. The lowest BCUT2D eigenvalue weighted by Gasteiger charge is -2.31. The van der Waals surface area contributed by atoms with E-state index in [0.29, 0.717) is 48.9 Å². The van der Waals surface area contributed by atoms with E-state index in [-0.39, 0.29) is 36.3 Å². The minimum atomic E-state index is -0.290. The van der Waals surface area contributed by atoms with E-state index in [1.165, 1.54) is 12.1 Å². The smallest absolute Gasteiger partial charge is 0.274 e. The summed E-state index contributed by atoms with van der Waals surface area (Å²) in [5.41, 5.74) is 2.72. The number of ether oxygens (including phenoxy) is 1. The van der Waals surface area contributed by atoms with Crippen molar-refractivity contribution in [1.29, 1.82) is 0 Å². The fourth-order valence-corrected chi connectivity index (χ4v) is 4.58. The van der Waals surface area contributed by atoms with Gasteiger partial charge in [-0.1, -0.05) is 23.7 Å². The lowest BCUT2D eigenvalue weighted by atomic mass is 9.95. The number of halogens is 2. The largest absolute Gasteiger partial charge is 0.365 e. The molecule has 9 heteroatoms. The van der Waals surface area contributed by atoms with Crippen molar-refractivity contribution >= 4 is 29.1 Å². The number of likely N-dealkylation sites (tertiary alicyclic amines) is 1. The monoisotopic (exact) mass is 482 g/mol. The number of fused-ring (bicyclic) bond motifs is 1. The van der Waals surface area contributed by atoms with Gasteiger partial charge in [-0.15, -0.1) is 0 Å². The lowest BCUT2D eigenvalue weighted by Crippen LogP contribution is -2.42. The van der Waals surface area contributed by atoms with Gasteiger partial charge in [-0.05, 0) is 54.8 Å². The van der Waals surface area contributed by atoms with Crippen molar-refractivity contribution in [2.75, 3.05) is 18.4 Å². The van der Waals surface area contributed by atoms with Crippen molar-refractivity contribution in [3.63, 3.8) is 0 Å². The van der Waals surface area contributed by atoms with Gasteiger partial charge in [0.1, 0.15) is 11.9 Å². The predicted octanol–water partition coefficient (Wildman–Crippen LogP) is 4.44.